The summed E-state index contributed by atoms with van der Waals surface area (Å²) in [6.45, 7) is 0.497. The van der Waals surface area contributed by atoms with Gasteiger partial charge in [0.2, 0.25) is 0 Å². The van der Waals surface area contributed by atoms with Gasteiger partial charge in [0.1, 0.15) is 11.9 Å². The minimum atomic E-state index is -0.768. The molecule has 0 saturated heterocycles. The van der Waals surface area contributed by atoms with Gasteiger partial charge in [-0.25, -0.2) is 4.98 Å². The van der Waals surface area contributed by atoms with Crippen LogP contribution in [0.2, 0.25) is 0 Å². The first-order valence-electron chi connectivity index (χ1n) is 11.6. The molecule has 0 spiro atoms. The van der Waals surface area contributed by atoms with Crippen LogP contribution in [-0.2, 0) is 17.8 Å². The van der Waals surface area contributed by atoms with Crippen molar-refractivity contribution < 1.29 is 14.7 Å². The lowest BCUT2D eigenvalue weighted by Crippen LogP contribution is -2.37. The van der Waals surface area contributed by atoms with E-state index in [1.165, 1.54) is 0 Å². The number of hydrogen-bond acceptors (Lipinski definition) is 4. The first kappa shape index (κ1) is 22.6. The number of imidazole rings is 1. The van der Waals surface area contributed by atoms with Crippen LogP contribution in [-0.4, -0.2) is 38.4 Å². The molecule has 3 N–H and O–H groups in total. The molecule has 4 aromatic rings. The van der Waals surface area contributed by atoms with Gasteiger partial charge in [0.15, 0.2) is 0 Å². The number of hydrogen-bond donors (Lipinski definition) is 3. The molecule has 3 aromatic carbocycles. The van der Waals surface area contributed by atoms with Gasteiger partial charge >= 0.3 is 0 Å². The molecule has 5 rings (SSSR count). The summed E-state index contributed by atoms with van der Waals surface area (Å²) in [5, 5.41) is 12.1. The van der Waals surface area contributed by atoms with Crippen LogP contribution in [0.4, 0.5) is 5.69 Å². The van der Waals surface area contributed by atoms with E-state index in [0.717, 1.165) is 28.2 Å². The Labute approximate surface area is 203 Å². The number of carbonyl (C=O) groups excluding carboxylic acids is 2. The summed E-state index contributed by atoms with van der Waals surface area (Å²) in [5.74, 6) is 0.380. The number of rotatable bonds is 8. The number of aromatic amines is 1. The summed E-state index contributed by atoms with van der Waals surface area (Å²) < 4.78 is 0. The monoisotopic (exact) mass is 466 g/mol. The number of aryl methyl sites for hydroxylation is 1. The average Bonchev–Trinajstić information content (AvgIpc) is 3.49. The highest BCUT2D eigenvalue weighted by molar-refractivity contribution is 6.04. The minimum absolute atomic E-state index is 0.116. The van der Waals surface area contributed by atoms with Gasteiger partial charge in [-0.05, 0) is 35.7 Å². The lowest BCUT2D eigenvalue weighted by atomic mass is 10.0. The average molecular weight is 467 g/mol. The number of H-pyrrole nitrogens is 1. The first-order valence-corrected chi connectivity index (χ1v) is 11.6. The Morgan fingerprint density at radius 2 is 1.86 bits per heavy atom. The molecule has 7 nitrogen and oxygen atoms in total. The molecule has 1 atom stereocenters. The zero-order chi connectivity index (χ0) is 24.2. The van der Waals surface area contributed by atoms with E-state index < -0.39 is 6.04 Å². The summed E-state index contributed by atoms with van der Waals surface area (Å²) in [6, 6.07) is 23.6. The van der Waals surface area contributed by atoms with Crippen molar-refractivity contribution in [1.82, 2.24) is 14.9 Å². The number of nitrogens with zero attached hydrogens (tertiary/aromatic N) is 2. The number of aliphatic hydroxyl groups excluding tert-OH is 1. The summed E-state index contributed by atoms with van der Waals surface area (Å²) in [7, 11) is 0. The van der Waals surface area contributed by atoms with Crippen molar-refractivity contribution in [1.29, 1.82) is 0 Å². The molecular formula is C28H26N4O3. The van der Waals surface area contributed by atoms with Gasteiger partial charge in [-0.15, -0.1) is 0 Å². The number of fused-ring (bicyclic) bond motifs is 1. The summed E-state index contributed by atoms with van der Waals surface area (Å²) in [4.78, 5) is 36.2. The topological polar surface area (TPSA) is 98.3 Å². The van der Waals surface area contributed by atoms with Crippen LogP contribution in [0.5, 0.6) is 0 Å². The largest absolute Gasteiger partial charge is 0.396 e. The summed E-state index contributed by atoms with van der Waals surface area (Å²) in [5.41, 5.74) is 4.55. The second kappa shape index (κ2) is 9.95. The van der Waals surface area contributed by atoms with E-state index in [-0.39, 0.29) is 18.4 Å². The van der Waals surface area contributed by atoms with E-state index in [1.54, 1.807) is 11.0 Å². The number of aromatic nitrogens is 2. The van der Waals surface area contributed by atoms with Crippen molar-refractivity contribution >= 4 is 17.5 Å². The molecule has 1 aliphatic heterocycles. The predicted octanol–water partition coefficient (Wildman–Crippen LogP) is 4.34. The molecule has 1 aliphatic rings. The van der Waals surface area contributed by atoms with Crippen LogP contribution in [0.3, 0.4) is 0 Å². The van der Waals surface area contributed by atoms with Gasteiger partial charge in [0.25, 0.3) is 11.8 Å². The third kappa shape index (κ3) is 4.72. The number of aliphatic hydroxyl groups is 1. The molecule has 0 aliphatic carbocycles. The van der Waals surface area contributed by atoms with Crippen LogP contribution in [0.1, 0.15) is 39.8 Å². The standard InChI is InChI=1S/C28H26N4O3/c33-15-7-14-25-29-17-24(31-25)20-11-6-12-22(16-20)30-27(34)26(19-8-2-1-3-9-19)32-18-21-10-4-5-13-23(21)28(32)35/h1-6,8-13,16-17,26,33H,7,14-15,18H2,(H,29,31)(H,30,34). The van der Waals surface area contributed by atoms with E-state index in [9.17, 15) is 9.59 Å². The van der Waals surface area contributed by atoms with Gasteiger partial charge in [0, 0.05) is 42.6 Å². The van der Waals surface area contributed by atoms with Crippen molar-refractivity contribution in [2.75, 3.05) is 11.9 Å². The lowest BCUT2D eigenvalue weighted by molar-refractivity contribution is -0.120. The van der Waals surface area contributed by atoms with Gasteiger partial charge in [-0.3, -0.25) is 9.59 Å². The molecule has 1 unspecified atom stereocenters. The summed E-state index contributed by atoms with van der Waals surface area (Å²) >= 11 is 0. The second-order valence-electron chi connectivity index (χ2n) is 8.53. The van der Waals surface area contributed by atoms with E-state index in [2.05, 4.69) is 15.3 Å². The van der Waals surface area contributed by atoms with E-state index in [1.807, 2.05) is 79.0 Å². The fourth-order valence-corrected chi connectivity index (χ4v) is 4.44. The highest BCUT2D eigenvalue weighted by Crippen LogP contribution is 2.32. The summed E-state index contributed by atoms with van der Waals surface area (Å²) in [6.07, 6.45) is 3.13. The second-order valence-corrected chi connectivity index (χ2v) is 8.53. The van der Waals surface area contributed by atoms with Gasteiger partial charge in [-0.2, -0.15) is 0 Å². The molecule has 0 saturated carbocycles. The fraction of sp³-hybridized carbons (Fsp3) is 0.179. The molecule has 2 amide bonds. The smallest absolute Gasteiger partial charge is 0.255 e. The number of amides is 2. The van der Waals surface area contributed by atoms with E-state index in [4.69, 9.17) is 5.11 Å². The molecule has 2 heterocycles. The molecule has 0 bridgehead atoms. The zero-order valence-corrected chi connectivity index (χ0v) is 19.1. The maximum atomic E-state index is 13.6. The fourth-order valence-electron chi connectivity index (χ4n) is 4.44. The van der Waals surface area contributed by atoms with Crippen molar-refractivity contribution in [2.45, 2.75) is 25.4 Å². The van der Waals surface area contributed by atoms with Crippen LogP contribution < -0.4 is 5.32 Å². The Kier molecular flexibility index (Phi) is 6.41. The Morgan fingerprint density at radius 1 is 1.06 bits per heavy atom. The lowest BCUT2D eigenvalue weighted by Gasteiger charge is -2.27. The molecular weight excluding hydrogens is 440 g/mol. The van der Waals surface area contributed by atoms with Crippen molar-refractivity contribution in [3.05, 3.63) is 108 Å². The Hall–Kier alpha value is -4.23. The number of benzene rings is 3. The third-order valence-corrected chi connectivity index (χ3v) is 6.15. The molecule has 1 aromatic heterocycles. The SMILES string of the molecule is O=C(Nc1cccc(-c2c[nH]c(CCCO)n2)c1)C(c1ccccc1)N1Cc2ccccc2C1=O. The highest BCUT2D eigenvalue weighted by atomic mass is 16.3. The minimum Gasteiger partial charge on any atom is -0.396 e. The number of carbonyl (C=O) groups is 2. The third-order valence-electron chi connectivity index (χ3n) is 6.15. The van der Waals surface area contributed by atoms with Crippen molar-refractivity contribution in [3.8, 4) is 11.3 Å². The Bertz CT molecular complexity index is 1350. The van der Waals surface area contributed by atoms with E-state index in [0.29, 0.717) is 30.6 Å². The van der Waals surface area contributed by atoms with Gasteiger partial charge in [0.05, 0.1) is 5.69 Å². The van der Waals surface area contributed by atoms with Crippen LogP contribution in [0, 0.1) is 0 Å². The van der Waals surface area contributed by atoms with Gasteiger partial charge in [-0.1, -0.05) is 60.7 Å². The molecule has 0 fully saturated rings. The zero-order valence-electron chi connectivity index (χ0n) is 19.1. The van der Waals surface area contributed by atoms with Crippen LogP contribution in [0.25, 0.3) is 11.3 Å². The molecule has 0 radical (unpaired) electrons. The Balaban J connectivity index is 1.40. The predicted molar refractivity (Wildman–Crippen MR) is 134 cm³/mol. The molecule has 7 heteroatoms. The maximum absolute atomic E-state index is 13.6. The van der Waals surface area contributed by atoms with Gasteiger partial charge < -0.3 is 20.3 Å². The Morgan fingerprint density at radius 3 is 2.66 bits per heavy atom. The van der Waals surface area contributed by atoms with Crippen LogP contribution >= 0.6 is 0 Å². The number of nitrogens with one attached hydrogen (secondary N) is 2. The first-order chi connectivity index (χ1) is 17.1. The quantitative estimate of drug-likeness (QED) is 0.360. The number of anilines is 1. The van der Waals surface area contributed by atoms with Crippen molar-refractivity contribution in [2.24, 2.45) is 0 Å². The molecule has 35 heavy (non-hydrogen) atoms. The maximum Gasteiger partial charge on any atom is 0.255 e. The highest BCUT2D eigenvalue weighted by Gasteiger charge is 2.37. The molecule has 176 valence electrons. The van der Waals surface area contributed by atoms with Crippen molar-refractivity contribution in [3.63, 3.8) is 0 Å². The normalized spacial score (nSPS) is 13.5. The van der Waals surface area contributed by atoms with Crippen LogP contribution in [0.15, 0.2) is 85.1 Å². The van der Waals surface area contributed by atoms with E-state index >= 15 is 0 Å².